The quantitative estimate of drug-likeness (QED) is 0.764. The van der Waals surface area contributed by atoms with Crippen molar-refractivity contribution in [3.8, 4) is 17.1 Å². The Morgan fingerprint density at radius 3 is 2.67 bits per heavy atom. The predicted molar refractivity (Wildman–Crippen MR) is 56.4 cm³/mol. The lowest BCUT2D eigenvalue weighted by Crippen LogP contribution is -1.97. The van der Waals surface area contributed by atoms with Gasteiger partial charge in [-0.25, -0.2) is 4.98 Å². The fourth-order valence-corrected chi connectivity index (χ4v) is 1.27. The molecule has 0 fully saturated rings. The van der Waals surface area contributed by atoms with Gasteiger partial charge in [-0.05, 0) is 18.2 Å². The van der Waals surface area contributed by atoms with Crippen molar-refractivity contribution < 1.29 is 5.11 Å². The van der Waals surface area contributed by atoms with E-state index in [4.69, 9.17) is 17.3 Å². The second kappa shape index (κ2) is 3.70. The minimum atomic E-state index is 0.00840. The summed E-state index contributed by atoms with van der Waals surface area (Å²) < 4.78 is 0. The highest BCUT2D eigenvalue weighted by molar-refractivity contribution is 6.30. The Morgan fingerprint density at radius 2 is 2.07 bits per heavy atom. The van der Waals surface area contributed by atoms with Crippen LogP contribution in [0.3, 0.4) is 0 Å². The van der Waals surface area contributed by atoms with E-state index in [1.54, 1.807) is 12.1 Å². The summed E-state index contributed by atoms with van der Waals surface area (Å²) in [5.74, 6) is 0.541. The van der Waals surface area contributed by atoms with Crippen molar-refractivity contribution in [1.29, 1.82) is 0 Å². The number of nitrogen functional groups attached to an aromatic ring is 1. The summed E-state index contributed by atoms with van der Waals surface area (Å²) in [6.07, 6.45) is 1.37. The number of nitrogens with two attached hydrogens (primary N) is 1. The molecule has 6 heteroatoms. The zero-order valence-electron chi connectivity index (χ0n) is 7.55. The molecule has 15 heavy (non-hydrogen) atoms. The molecule has 0 aliphatic carbocycles. The number of anilines is 1. The summed E-state index contributed by atoms with van der Waals surface area (Å²) >= 11 is 5.69. The second-order valence-electron chi connectivity index (χ2n) is 2.87. The molecule has 0 saturated heterocycles. The number of aromatic hydroxyl groups is 1. The van der Waals surface area contributed by atoms with E-state index in [0.29, 0.717) is 16.4 Å². The van der Waals surface area contributed by atoms with Crippen LogP contribution in [-0.4, -0.2) is 20.3 Å². The smallest absolute Gasteiger partial charge is 0.185 e. The van der Waals surface area contributed by atoms with E-state index in [-0.39, 0.29) is 11.6 Å². The Hall–Kier alpha value is -1.88. The Morgan fingerprint density at radius 1 is 1.27 bits per heavy atom. The molecular weight excluding hydrogens is 216 g/mol. The van der Waals surface area contributed by atoms with Gasteiger partial charge in [-0.3, -0.25) is 0 Å². The number of hydrogen-bond acceptors (Lipinski definition) is 5. The van der Waals surface area contributed by atoms with Gasteiger partial charge in [-0.15, -0.1) is 10.2 Å². The molecule has 1 aromatic heterocycles. The van der Waals surface area contributed by atoms with Crippen LogP contribution < -0.4 is 5.73 Å². The number of hydrogen-bond donors (Lipinski definition) is 2. The number of phenolic OH excluding ortho intramolecular Hbond substituents is 1. The zero-order valence-corrected chi connectivity index (χ0v) is 8.31. The molecule has 2 aromatic rings. The topological polar surface area (TPSA) is 84.9 Å². The van der Waals surface area contributed by atoms with Crippen molar-refractivity contribution in [2.45, 2.75) is 0 Å². The third-order valence-electron chi connectivity index (χ3n) is 1.78. The predicted octanol–water partition coefficient (Wildman–Crippen LogP) is 1.48. The first-order valence-electron chi connectivity index (χ1n) is 4.11. The molecular formula is C9H7ClN4O. The number of phenols is 1. The van der Waals surface area contributed by atoms with Gasteiger partial charge in [0.05, 0.1) is 11.8 Å². The van der Waals surface area contributed by atoms with Crippen LogP contribution in [-0.2, 0) is 0 Å². The summed E-state index contributed by atoms with van der Waals surface area (Å²) in [6, 6.07) is 4.66. The highest BCUT2D eigenvalue weighted by Crippen LogP contribution is 2.28. The number of rotatable bonds is 1. The third kappa shape index (κ3) is 1.97. The minimum Gasteiger partial charge on any atom is -0.507 e. The summed E-state index contributed by atoms with van der Waals surface area (Å²) in [5, 5.41) is 17.4. The van der Waals surface area contributed by atoms with Crippen molar-refractivity contribution in [3.63, 3.8) is 0 Å². The van der Waals surface area contributed by atoms with E-state index >= 15 is 0 Å². The van der Waals surface area contributed by atoms with Crippen molar-refractivity contribution >= 4 is 17.4 Å². The minimum absolute atomic E-state index is 0.00840. The van der Waals surface area contributed by atoms with E-state index in [1.165, 1.54) is 12.3 Å². The summed E-state index contributed by atoms with van der Waals surface area (Å²) in [6.45, 7) is 0. The monoisotopic (exact) mass is 222 g/mol. The SMILES string of the molecule is Nc1cnc(-c2ccc(Cl)cc2O)nn1. The first-order chi connectivity index (χ1) is 7.16. The maximum absolute atomic E-state index is 9.59. The summed E-state index contributed by atoms with van der Waals surface area (Å²) in [7, 11) is 0. The van der Waals surface area contributed by atoms with Crippen LogP contribution in [0.4, 0.5) is 5.82 Å². The van der Waals surface area contributed by atoms with Crippen molar-refractivity contribution in [3.05, 3.63) is 29.4 Å². The molecule has 0 radical (unpaired) electrons. The number of aromatic nitrogens is 3. The fourth-order valence-electron chi connectivity index (χ4n) is 1.10. The Labute approximate surface area is 90.6 Å². The molecule has 1 aromatic carbocycles. The molecule has 1 heterocycles. The van der Waals surface area contributed by atoms with Gasteiger partial charge in [0, 0.05) is 5.02 Å². The Kier molecular flexibility index (Phi) is 2.39. The molecule has 0 unspecified atom stereocenters. The normalized spacial score (nSPS) is 10.2. The van der Waals surface area contributed by atoms with E-state index in [0.717, 1.165) is 0 Å². The molecule has 76 valence electrons. The molecule has 0 aliphatic rings. The van der Waals surface area contributed by atoms with Gasteiger partial charge >= 0.3 is 0 Å². The molecule has 2 rings (SSSR count). The molecule has 0 saturated carbocycles. The average Bonchev–Trinajstić information content (AvgIpc) is 2.20. The van der Waals surface area contributed by atoms with Crippen LogP contribution in [0.15, 0.2) is 24.4 Å². The molecule has 5 nitrogen and oxygen atoms in total. The van der Waals surface area contributed by atoms with Crippen LogP contribution in [0, 0.1) is 0 Å². The molecule has 0 amide bonds. The van der Waals surface area contributed by atoms with Crippen molar-refractivity contribution in [2.75, 3.05) is 5.73 Å². The van der Waals surface area contributed by atoms with Gasteiger partial charge in [0.1, 0.15) is 5.75 Å². The maximum atomic E-state index is 9.59. The van der Waals surface area contributed by atoms with E-state index in [9.17, 15) is 5.11 Å². The second-order valence-corrected chi connectivity index (χ2v) is 3.30. The Bertz CT molecular complexity index is 486. The highest BCUT2D eigenvalue weighted by atomic mass is 35.5. The number of benzene rings is 1. The van der Waals surface area contributed by atoms with Gasteiger partial charge in [0.25, 0.3) is 0 Å². The lowest BCUT2D eigenvalue weighted by molar-refractivity contribution is 0.477. The van der Waals surface area contributed by atoms with E-state index in [2.05, 4.69) is 15.2 Å². The summed E-state index contributed by atoms with van der Waals surface area (Å²) in [4.78, 5) is 3.94. The third-order valence-corrected chi connectivity index (χ3v) is 2.02. The first kappa shape index (κ1) is 9.67. The Balaban J connectivity index is 2.49. The van der Waals surface area contributed by atoms with Crippen molar-refractivity contribution in [2.24, 2.45) is 0 Å². The first-order valence-corrected chi connectivity index (χ1v) is 4.48. The number of halogens is 1. The lowest BCUT2D eigenvalue weighted by atomic mass is 10.2. The van der Waals surface area contributed by atoms with Gasteiger partial charge in [-0.1, -0.05) is 11.6 Å². The number of nitrogens with zero attached hydrogens (tertiary/aromatic N) is 3. The van der Waals surface area contributed by atoms with Gasteiger partial charge in [0.15, 0.2) is 11.6 Å². The molecule has 0 bridgehead atoms. The lowest BCUT2D eigenvalue weighted by Gasteiger charge is -2.02. The summed E-state index contributed by atoms with van der Waals surface area (Å²) in [5.41, 5.74) is 5.81. The van der Waals surface area contributed by atoms with E-state index in [1.807, 2.05) is 0 Å². The fraction of sp³-hybridized carbons (Fsp3) is 0. The largest absolute Gasteiger partial charge is 0.507 e. The van der Waals surface area contributed by atoms with Crippen LogP contribution in [0.5, 0.6) is 5.75 Å². The zero-order chi connectivity index (χ0) is 10.8. The van der Waals surface area contributed by atoms with Crippen LogP contribution >= 0.6 is 11.6 Å². The highest BCUT2D eigenvalue weighted by Gasteiger charge is 2.07. The average molecular weight is 223 g/mol. The molecule has 0 aliphatic heterocycles. The van der Waals surface area contributed by atoms with E-state index < -0.39 is 0 Å². The van der Waals surface area contributed by atoms with Crippen molar-refractivity contribution in [1.82, 2.24) is 15.2 Å². The van der Waals surface area contributed by atoms with Crippen LogP contribution in [0.25, 0.3) is 11.4 Å². The van der Waals surface area contributed by atoms with Gasteiger partial charge < -0.3 is 10.8 Å². The van der Waals surface area contributed by atoms with Crippen LogP contribution in [0.1, 0.15) is 0 Å². The molecule has 0 spiro atoms. The van der Waals surface area contributed by atoms with Gasteiger partial charge in [0.2, 0.25) is 0 Å². The standard InChI is InChI=1S/C9H7ClN4O/c10-5-1-2-6(7(15)3-5)9-12-4-8(11)13-14-9/h1-4,15H,(H2,11,13). The maximum Gasteiger partial charge on any atom is 0.185 e. The molecule has 0 atom stereocenters. The van der Waals surface area contributed by atoms with Gasteiger partial charge in [-0.2, -0.15) is 0 Å². The molecule has 3 N–H and O–H groups in total. The van der Waals surface area contributed by atoms with Crippen LogP contribution in [0.2, 0.25) is 5.02 Å².